The molecule has 5 nitrogen and oxygen atoms in total. The number of rotatable bonds is 6. The lowest BCUT2D eigenvalue weighted by molar-refractivity contribution is 0.0952. The summed E-state index contributed by atoms with van der Waals surface area (Å²) in [6.07, 6.45) is 5.34. The van der Waals surface area contributed by atoms with Crippen molar-refractivity contribution in [3.8, 4) is 0 Å². The highest BCUT2D eigenvalue weighted by molar-refractivity contribution is 5.94. The van der Waals surface area contributed by atoms with Crippen LogP contribution in [-0.2, 0) is 7.05 Å². The number of amides is 1. The molecule has 1 aromatic heterocycles. The lowest BCUT2D eigenvalue weighted by atomic mass is 10.2. The number of carbonyl (C=O) groups excluding carboxylic acids is 1. The first-order chi connectivity index (χ1) is 8.16. The van der Waals surface area contributed by atoms with Gasteiger partial charge in [0.05, 0.1) is 11.3 Å². The van der Waals surface area contributed by atoms with Crippen LogP contribution in [0.15, 0.2) is 6.20 Å². The predicted molar refractivity (Wildman–Crippen MR) is 65.9 cm³/mol. The largest absolute Gasteiger partial charge is 0.352 e. The van der Waals surface area contributed by atoms with E-state index in [4.69, 9.17) is 0 Å². The molecule has 1 heterocycles. The first-order valence-electron chi connectivity index (χ1n) is 6.18. The number of hydrogen-bond donors (Lipinski definition) is 2. The van der Waals surface area contributed by atoms with Crippen LogP contribution in [0.2, 0.25) is 0 Å². The third-order valence-electron chi connectivity index (χ3n) is 2.91. The highest BCUT2D eigenvalue weighted by Gasteiger charge is 2.19. The quantitative estimate of drug-likeness (QED) is 0.711. The van der Waals surface area contributed by atoms with Gasteiger partial charge >= 0.3 is 0 Å². The number of carbonyl (C=O) groups is 1. The first kappa shape index (κ1) is 12.1. The summed E-state index contributed by atoms with van der Waals surface area (Å²) in [5.41, 5.74) is 1.45. The summed E-state index contributed by atoms with van der Waals surface area (Å²) in [5, 5.41) is 10.5. The van der Waals surface area contributed by atoms with Crippen molar-refractivity contribution in [1.29, 1.82) is 0 Å². The van der Waals surface area contributed by atoms with E-state index in [-0.39, 0.29) is 5.91 Å². The van der Waals surface area contributed by atoms with E-state index in [1.165, 1.54) is 12.8 Å². The fourth-order valence-corrected chi connectivity index (χ4v) is 1.80. The Labute approximate surface area is 102 Å². The summed E-state index contributed by atoms with van der Waals surface area (Å²) in [5.74, 6) is -0.0259. The Kier molecular flexibility index (Phi) is 3.78. The third kappa shape index (κ3) is 3.56. The van der Waals surface area contributed by atoms with E-state index in [0.29, 0.717) is 12.1 Å². The second-order valence-corrected chi connectivity index (χ2v) is 4.64. The van der Waals surface area contributed by atoms with E-state index in [1.54, 1.807) is 10.9 Å². The molecule has 5 heteroatoms. The number of nitrogens with zero attached hydrogens (tertiary/aromatic N) is 2. The van der Waals surface area contributed by atoms with Gasteiger partial charge in [0.2, 0.25) is 0 Å². The van der Waals surface area contributed by atoms with Crippen LogP contribution in [0.3, 0.4) is 0 Å². The Balaban J connectivity index is 1.67. The molecule has 0 aliphatic heterocycles. The number of nitrogens with one attached hydrogen (secondary N) is 2. The van der Waals surface area contributed by atoms with Crippen molar-refractivity contribution < 1.29 is 4.79 Å². The zero-order valence-corrected chi connectivity index (χ0v) is 10.5. The van der Waals surface area contributed by atoms with Crippen LogP contribution in [0.1, 0.15) is 35.3 Å². The van der Waals surface area contributed by atoms with E-state index in [2.05, 4.69) is 15.7 Å². The van der Waals surface area contributed by atoms with Gasteiger partial charge in [-0.2, -0.15) is 5.10 Å². The second kappa shape index (κ2) is 5.31. The summed E-state index contributed by atoms with van der Waals surface area (Å²) in [6.45, 7) is 3.55. The van der Waals surface area contributed by atoms with Gasteiger partial charge in [0.25, 0.3) is 5.91 Å². The molecule has 0 saturated heterocycles. The van der Waals surface area contributed by atoms with Crippen molar-refractivity contribution >= 4 is 5.91 Å². The van der Waals surface area contributed by atoms with Crippen LogP contribution in [0, 0.1) is 6.92 Å². The van der Waals surface area contributed by atoms with Crippen LogP contribution < -0.4 is 10.6 Å². The predicted octanol–water partition coefficient (Wildman–Crippen LogP) is 0.600. The Bertz CT molecular complexity index is 395. The van der Waals surface area contributed by atoms with E-state index >= 15 is 0 Å². The Morgan fingerprint density at radius 1 is 1.53 bits per heavy atom. The van der Waals surface area contributed by atoms with E-state index in [0.717, 1.165) is 24.7 Å². The molecule has 2 N–H and O–H groups in total. The SMILES string of the molecule is Cc1nn(C)cc1C(=O)NCCCNC1CC1. The van der Waals surface area contributed by atoms with Crippen molar-refractivity contribution in [3.05, 3.63) is 17.5 Å². The highest BCUT2D eigenvalue weighted by Crippen LogP contribution is 2.18. The molecule has 1 aliphatic rings. The molecule has 1 amide bonds. The van der Waals surface area contributed by atoms with Gasteiger partial charge in [0, 0.05) is 25.8 Å². The molecule has 1 fully saturated rings. The minimum atomic E-state index is -0.0259. The minimum absolute atomic E-state index is 0.0259. The molecular formula is C12H20N4O. The molecule has 1 aromatic rings. The van der Waals surface area contributed by atoms with E-state index in [1.807, 2.05) is 14.0 Å². The maximum Gasteiger partial charge on any atom is 0.254 e. The van der Waals surface area contributed by atoms with Gasteiger partial charge in [-0.05, 0) is 32.7 Å². The van der Waals surface area contributed by atoms with Gasteiger partial charge in [-0.15, -0.1) is 0 Å². The Hall–Kier alpha value is -1.36. The molecule has 17 heavy (non-hydrogen) atoms. The summed E-state index contributed by atoms with van der Waals surface area (Å²) in [4.78, 5) is 11.8. The molecule has 0 atom stereocenters. The summed E-state index contributed by atoms with van der Waals surface area (Å²) < 4.78 is 1.67. The fourth-order valence-electron chi connectivity index (χ4n) is 1.80. The Morgan fingerprint density at radius 3 is 2.88 bits per heavy atom. The average molecular weight is 236 g/mol. The molecule has 0 bridgehead atoms. The maximum atomic E-state index is 11.8. The van der Waals surface area contributed by atoms with Gasteiger partial charge < -0.3 is 10.6 Å². The van der Waals surface area contributed by atoms with Crippen LogP contribution in [0.25, 0.3) is 0 Å². The van der Waals surface area contributed by atoms with E-state index < -0.39 is 0 Å². The molecule has 0 unspecified atom stereocenters. The van der Waals surface area contributed by atoms with Crippen molar-refractivity contribution in [3.63, 3.8) is 0 Å². The number of aryl methyl sites for hydroxylation is 2. The van der Waals surface area contributed by atoms with E-state index in [9.17, 15) is 4.79 Å². The van der Waals surface area contributed by atoms with Gasteiger partial charge in [-0.3, -0.25) is 9.48 Å². The topological polar surface area (TPSA) is 59.0 Å². The van der Waals surface area contributed by atoms with Crippen molar-refractivity contribution in [1.82, 2.24) is 20.4 Å². The lowest BCUT2D eigenvalue weighted by Gasteiger charge is -2.05. The van der Waals surface area contributed by atoms with Crippen molar-refractivity contribution in [2.24, 2.45) is 7.05 Å². The summed E-state index contributed by atoms with van der Waals surface area (Å²) >= 11 is 0. The molecule has 1 aliphatic carbocycles. The molecule has 1 saturated carbocycles. The van der Waals surface area contributed by atoms with Crippen LogP contribution in [-0.4, -0.2) is 34.8 Å². The highest BCUT2D eigenvalue weighted by atomic mass is 16.1. The second-order valence-electron chi connectivity index (χ2n) is 4.64. The summed E-state index contributed by atoms with van der Waals surface area (Å²) in [6, 6.07) is 0.742. The van der Waals surface area contributed by atoms with Crippen LogP contribution in [0.5, 0.6) is 0 Å². The van der Waals surface area contributed by atoms with Gasteiger partial charge in [0.1, 0.15) is 0 Å². The number of aromatic nitrogens is 2. The van der Waals surface area contributed by atoms with Crippen molar-refractivity contribution in [2.75, 3.05) is 13.1 Å². The molecule has 0 spiro atoms. The zero-order valence-electron chi connectivity index (χ0n) is 10.5. The molecule has 0 aromatic carbocycles. The fraction of sp³-hybridized carbons (Fsp3) is 0.667. The first-order valence-corrected chi connectivity index (χ1v) is 6.18. The summed E-state index contributed by atoms with van der Waals surface area (Å²) in [7, 11) is 1.82. The maximum absolute atomic E-state index is 11.8. The zero-order chi connectivity index (χ0) is 12.3. The van der Waals surface area contributed by atoms with Crippen LogP contribution in [0.4, 0.5) is 0 Å². The number of hydrogen-bond acceptors (Lipinski definition) is 3. The van der Waals surface area contributed by atoms with Gasteiger partial charge in [0.15, 0.2) is 0 Å². The van der Waals surface area contributed by atoms with Gasteiger partial charge in [-0.1, -0.05) is 0 Å². The molecule has 94 valence electrons. The van der Waals surface area contributed by atoms with Crippen LogP contribution >= 0.6 is 0 Å². The Morgan fingerprint density at radius 2 is 2.29 bits per heavy atom. The monoisotopic (exact) mass is 236 g/mol. The molecule has 0 radical (unpaired) electrons. The third-order valence-corrected chi connectivity index (χ3v) is 2.91. The average Bonchev–Trinajstić information content (AvgIpc) is 3.03. The smallest absolute Gasteiger partial charge is 0.254 e. The standard InChI is InChI=1S/C12H20N4O/c1-9-11(8-16(2)15-9)12(17)14-7-3-6-13-10-4-5-10/h8,10,13H,3-7H2,1-2H3,(H,14,17). The lowest BCUT2D eigenvalue weighted by Crippen LogP contribution is -2.28. The molecular weight excluding hydrogens is 216 g/mol. The normalized spacial score (nSPS) is 14.9. The molecule has 2 rings (SSSR count). The van der Waals surface area contributed by atoms with Gasteiger partial charge in [-0.25, -0.2) is 0 Å². The van der Waals surface area contributed by atoms with Crippen molar-refractivity contribution in [2.45, 2.75) is 32.2 Å². The minimum Gasteiger partial charge on any atom is -0.352 e.